The van der Waals surface area contributed by atoms with Gasteiger partial charge in [0.05, 0.1) is 0 Å². The van der Waals surface area contributed by atoms with Crippen LogP contribution in [0.3, 0.4) is 0 Å². The van der Waals surface area contributed by atoms with Gasteiger partial charge in [0.2, 0.25) is 0 Å². The van der Waals surface area contributed by atoms with Gasteiger partial charge >= 0.3 is 43.4 Å². The van der Waals surface area contributed by atoms with Crippen molar-refractivity contribution in [2.75, 3.05) is 13.1 Å². The Hall–Kier alpha value is 1.20. The molecular formula is C16H24Br4N2Pb. The van der Waals surface area contributed by atoms with E-state index in [2.05, 4.69) is 48.2 Å². The third-order valence-electron chi connectivity index (χ3n) is 2.55. The predicted molar refractivity (Wildman–Crippen MR) is 123 cm³/mol. The number of halogens is 4. The normalized spacial score (nSPS) is 8.17. The number of hydrogen-bond acceptors (Lipinski definition) is 2. The maximum atomic E-state index is 5.36. The summed E-state index contributed by atoms with van der Waals surface area (Å²) in [5.74, 6) is 0. The van der Waals surface area contributed by atoms with Crippen LogP contribution in [-0.4, -0.2) is 32.5 Å². The summed E-state index contributed by atoms with van der Waals surface area (Å²) in [6.07, 6.45) is 1.97. The first kappa shape index (κ1) is 29.0. The molecule has 0 aliphatic carbocycles. The minimum atomic E-state index is -0.292. The third kappa shape index (κ3) is 19.4. The van der Waals surface area contributed by atoms with Crippen molar-refractivity contribution in [1.29, 1.82) is 0 Å². The van der Waals surface area contributed by atoms with E-state index < -0.39 is 0 Å². The van der Waals surface area contributed by atoms with E-state index in [9.17, 15) is 0 Å². The summed E-state index contributed by atoms with van der Waals surface area (Å²) >= 11 is 6.22. The molecule has 2 aromatic carbocycles. The summed E-state index contributed by atoms with van der Waals surface area (Å²) in [5, 5.41) is 0. The summed E-state index contributed by atoms with van der Waals surface area (Å²) in [5.41, 5.74) is 13.4. The van der Waals surface area contributed by atoms with Crippen molar-refractivity contribution in [3.8, 4) is 0 Å². The molecule has 0 fully saturated rings. The number of nitrogens with two attached hydrogens (primary N) is 2. The zero-order valence-electron chi connectivity index (χ0n) is 12.8. The van der Waals surface area contributed by atoms with Crippen LogP contribution in [0, 0.1) is 0 Å². The van der Waals surface area contributed by atoms with Crippen LogP contribution >= 0.6 is 57.9 Å². The van der Waals surface area contributed by atoms with Crippen LogP contribution < -0.4 is 11.5 Å². The van der Waals surface area contributed by atoms with Gasteiger partial charge in [0.25, 0.3) is 0 Å². The van der Waals surface area contributed by atoms with Gasteiger partial charge in [0.1, 0.15) is 0 Å². The molecule has 130 valence electrons. The monoisotopic (exact) mass is 768 g/mol. The Morgan fingerprint density at radius 2 is 0.913 bits per heavy atom. The fourth-order valence-electron chi connectivity index (χ4n) is 1.62. The molecule has 0 atom stereocenters. The fraction of sp³-hybridized carbons (Fsp3) is 0.250. The molecule has 0 amide bonds. The van der Waals surface area contributed by atoms with Crippen LogP contribution in [-0.2, 0) is 12.8 Å². The summed E-state index contributed by atoms with van der Waals surface area (Å²) in [7, 11) is 0. The molecule has 2 radical (unpaired) electrons. The molecule has 0 aliphatic rings. The standard InChI is InChI=1S/2C8H11N.4BrH.Pb/c2*9-7-6-8-4-2-1-3-5-8;;;;;/h2*1-5H,6-7,9H2;4*1H;/q;;;;;;+2/p-2. The van der Waals surface area contributed by atoms with E-state index in [1.165, 1.54) is 11.1 Å². The van der Waals surface area contributed by atoms with Gasteiger partial charge in [-0.25, -0.2) is 0 Å². The molecule has 0 spiro atoms. The number of benzene rings is 2. The molecule has 4 N–H and O–H groups in total. The second-order valence-electron chi connectivity index (χ2n) is 4.12. The average molecular weight is 771 g/mol. The molecule has 0 heterocycles. The summed E-state index contributed by atoms with van der Waals surface area (Å²) < 4.78 is 0. The van der Waals surface area contributed by atoms with Crippen LogP contribution in [0.4, 0.5) is 0 Å². The Morgan fingerprint density at radius 3 is 1.13 bits per heavy atom. The molecule has 2 rings (SSSR count). The molecular weight excluding hydrogens is 747 g/mol. The topological polar surface area (TPSA) is 52.0 Å². The predicted octanol–water partition coefficient (Wildman–Crippen LogP) is 4.84. The molecule has 23 heavy (non-hydrogen) atoms. The summed E-state index contributed by atoms with van der Waals surface area (Å²) in [6, 6.07) is 20.5. The number of rotatable bonds is 4. The van der Waals surface area contributed by atoms with Crippen LogP contribution in [0.1, 0.15) is 11.1 Å². The first-order chi connectivity index (χ1) is 10.3. The quantitative estimate of drug-likeness (QED) is 0.438. The zero-order valence-corrected chi connectivity index (χ0v) is 23.3. The van der Waals surface area contributed by atoms with E-state index in [0.717, 1.165) is 25.9 Å². The fourth-order valence-corrected chi connectivity index (χ4v) is 1.62. The summed E-state index contributed by atoms with van der Waals surface area (Å²) in [6.45, 7) is 1.48. The van der Waals surface area contributed by atoms with E-state index >= 15 is 0 Å². The van der Waals surface area contributed by atoms with Gasteiger partial charge in [-0.1, -0.05) is 60.7 Å². The van der Waals surface area contributed by atoms with Crippen molar-refractivity contribution in [3.63, 3.8) is 0 Å². The van der Waals surface area contributed by atoms with Crippen molar-refractivity contribution in [2.24, 2.45) is 11.5 Å². The van der Waals surface area contributed by atoms with Gasteiger partial charge in [0.15, 0.2) is 0 Å². The molecule has 7 heteroatoms. The van der Waals surface area contributed by atoms with Gasteiger partial charge in [-0.05, 0) is 37.1 Å². The van der Waals surface area contributed by atoms with E-state index in [1.807, 2.05) is 36.4 Å². The second kappa shape index (κ2) is 23.2. The minimum absolute atomic E-state index is 0. The zero-order chi connectivity index (χ0) is 15.8. The Bertz CT molecular complexity index is 391. The molecule has 0 aromatic heterocycles. The van der Waals surface area contributed by atoms with Crippen LogP contribution in [0.25, 0.3) is 0 Å². The van der Waals surface area contributed by atoms with Crippen molar-refractivity contribution >= 4 is 77.4 Å². The van der Waals surface area contributed by atoms with Crippen LogP contribution in [0.15, 0.2) is 60.7 Å². The Balaban J connectivity index is -0.000000277. The van der Waals surface area contributed by atoms with Crippen molar-refractivity contribution in [1.82, 2.24) is 0 Å². The summed E-state index contributed by atoms with van der Waals surface area (Å²) in [4.78, 5) is 0. The van der Waals surface area contributed by atoms with Crippen LogP contribution in [0.2, 0.25) is 0 Å². The van der Waals surface area contributed by atoms with Crippen molar-refractivity contribution in [2.45, 2.75) is 12.8 Å². The maximum absolute atomic E-state index is 5.36. The Labute approximate surface area is 184 Å². The van der Waals surface area contributed by atoms with E-state index in [1.54, 1.807) is 0 Å². The second-order valence-corrected chi connectivity index (χ2v) is 21.0. The molecule has 0 aliphatic heterocycles. The molecule has 0 unspecified atom stereocenters. The Morgan fingerprint density at radius 1 is 0.652 bits per heavy atom. The molecule has 2 aromatic rings. The SMILES string of the molecule is Br.Br.NCCc1ccccc1.NCCc1ccccc1.[Br][Pb][Br]. The molecule has 0 bridgehead atoms. The first-order valence-electron chi connectivity index (χ1n) is 6.72. The van der Waals surface area contributed by atoms with Gasteiger partial charge in [-0.2, -0.15) is 0 Å². The van der Waals surface area contributed by atoms with Crippen molar-refractivity contribution in [3.05, 3.63) is 71.8 Å². The average Bonchev–Trinajstić information content (AvgIpc) is 2.52. The third-order valence-corrected chi connectivity index (χ3v) is 2.55. The van der Waals surface area contributed by atoms with Gasteiger partial charge in [-0.3, -0.25) is 0 Å². The molecule has 2 nitrogen and oxygen atoms in total. The molecule has 0 saturated heterocycles. The van der Waals surface area contributed by atoms with Crippen LogP contribution in [0.5, 0.6) is 0 Å². The van der Waals surface area contributed by atoms with E-state index in [0.29, 0.717) is 0 Å². The Kier molecular flexibility index (Phi) is 29.2. The van der Waals surface area contributed by atoms with Gasteiger partial charge < -0.3 is 11.5 Å². The van der Waals surface area contributed by atoms with E-state index in [4.69, 9.17) is 11.5 Å². The van der Waals surface area contributed by atoms with Gasteiger partial charge in [0, 0.05) is 0 Å². The first-order valence-corrected chi connectivity index (χ1v) is 23.6. The van der Waals surface area contributed by atoms with Gasteiger partial charge in [-0.15, -0.1) is 34.0 Å². The van der Waals surface area contributed by atoms with Crippen molar-refractivity contribution < 1.29 is 0 Å². The van der Waals surface area contributed by atoms with E-state index in [-0.39, 0.29) is 53.4 Å². The molecule has 0 saturated carbocycles. The number of hydrogen-bond donors (Lipinski definition) is 2.